The Hall–Kier alpha value is -3.19. The van der Waals surface area contributed by atoms with Gasteiger partial charge in [-0.3, -0.25) is 9.69 Å². The molecule has 1 atom stereocenters. The van der Waals surface area contributed by atoms with Crippen LogP contribution in [0.25, 0.3) is 10.9 Å². The summed E-state index contributed by atoms with van der Waals surface area (Å²) in [7, 11) is 5.05. The zero-order chi connectivity index (χ0) is 24.4. The van der Waals surface area contributed by atoms with Crippen LogP contribution in [0.15, 0.2) is 42.6 Å². The minimum Gasteiger partial charge on any atom is -0.497 e. The van der Waals surface area contributed by atoms with Crippen LogP contribution in [-0.2, 0) is 4.79 Å². The van der Waals surface area contributed by atoms with E-state index >= 15 is 0 Å². The first-order valence-corrected chi connectivity index (χ1v) is 12.5. The molecule has 3 aromatic rings. The number of rotatable bonds is 7. The standard InChI is InChI=1S/C28H35N3O4/c1-33-20-6-8-25-22(15-20)24(17-29-25)19-10-13-30(14-11-19)18-28(32)31-12-4-5-26(31)23-16-21(34-2)7-9-27(23)35-3/h6-9,15-17,19,26,29H,4-5,10-14,18H2,1-3H3. The molecular weight excluding hydrogens is 442 g/mol. The number of methoxy groups -OCH3 is 3. The average molecular weight is 478 g/mol. The third-order valence-electron chi connectivity index (χ3n) is 7.68. The van der Waals surface area contributed by atoms with Gasteiger partial charge < -0.3 is 24.1 Å². The number of amides is 1. The Morgan fingerprint density at radius 1 is 0.914 bits per heavy atom. The van der Waals surface area contributed by atoms with Crippen molar-refractivity contribution in [1.82, 2.24) is 14.8 Å². The highest BCUT2D eigenvalue weighted by molar-refractivity contribution is 5.85. The molecule has 2 aromatic carbocycles. The summed E-state index contributed by atoms with van der Waals surface area (Å²) in [6, 6.07) is 12.1. The molecule has 2 aliphatic rings. The summed E-state index contributed by atoms with van der Waals surface area (Å²) in [6.45, 7) is 3.11. The smallest absolute Gasteiger partial charge is 0.237 e. The van der Waals surface area contributed by atoms with Gasteiger partial charge in [0.1, 0.15) is 17.2 Å². The summed E-state index contributed by atoms with van der Waals surface area (Å²) in [5.74, 6) is 3.17. The molecule has 0 spiro atoms. The number of nitrogens with zero attached hydrogens (tertiary/aromatic N) is 2. The maximum Gasteiger partial charge on any atom is 0.237 e. The minimum atomic E-state index is 0.0336. The predicted octanol–water partition coefficient (Wildman–Crippen LogP) is 4.74. The second-order valence-corrected chi connectivity index (χ2v) is 9.56. The Morgan fingerprint density at radius 2 is 1.66 bits per heavy atom. The monoisotopic (exact) mass is 477 g/mol. The number of benzene rings is 2. The van der Waals surface area contributed by atoms with Crippen molar-refractivity contribution >= 4 is 16.8 Å². The van der Waals surface area contributed by atoms with Crippen molar-refractivity contribution in [3.8, 4) is 17.2 Å². The summed E-state index contributed by atoms with van der Waals surface area (Å²) in [6.07, 6.45) is 6.19. The number of H-pyrrole nitrogens is 1. The molecule has 1 amide bonds. The van der Waals surface area contributed by atoms with Crippen LogP contribution in [0.5, 0.6) is 17.2 Å². The maximum atomic E-state index is 13.4. The molecule has 35 heavy (non-hydrogen) atoms. The van der Waals surface area contributed by atoms with E-state index in [1.165, 1.54) is 10.9 Å². The van der Waals surface area contributed by atoms with Gasteiger partial charge in [0.15, 0.2) is 0 Å². The van der Waals surface area contributed by atoms with E-state index in [-0.39, 0.29) is 11.9 Å². The summed E-state index contributed by atoms with van der Waals surface area (Å²) in [5.41, 5.74) is 3.53. The number of carbonyl (C=O) groups excluding carboxylic acids is 1. The van der Waals surface area contributed by atoms with Crippen LogP contribution in [0, 0.1) is 0 Å². The summed E-state index contributed by atoms with van der Waals surface area (Å²) < 4.78 is 16.5. The zero-order valence-electron chi connectivity index (χ0n) is 20.9. The molecule has 0 saturated carbocycles. The van der Waals surface area contributed by atoms with Gasteiger partial charge in [-0.1, -0.05) is 0 Å². The lowest BCUT2D eigenvalue weighted by atomic mass is 9.89. The highest BCUT2D eigenvalue weighted by Gasteiger charge is 2.33. The highest BCUT2D eigenvalue weighted by Crippen LogP contribution is 2.39. The summed E-state index contributed by atoms with van der Waals surface area (Å²) in [5, 5.41) is 1.24. The van der Waals surface area contributed by atoms with Gasteiger partial charge in [0.25, 0.3) is 0 Å². The molecule has 7 nitrogen and oxygen atoms in total. The van der Waals surface area contributed by atoms with Gasteiger partial charge in [0.2, 0.25) is 5.91 Å². The number of aromatic nitrogens is 1. The van der Waals surface area contributed by atoms with E-state index in [0.717, 1.165) is 73.6 Å². The lowest BCUT2D eigenvalue weighted by molar-refractivity contribution is -0.133. The van der Waals surface area contributed by atoms with Crippen LogP contribution in [0.1, 0.15) is 48.8 Å². The fraction of sp³-hybridized carbons (Fsp3) is 0.464. The van der Waals surface area contributed by atoms with Crippen LogP contribution in [0.3, 0.4) is 0 Å². The van der Waals surface area contributed by atoms with Crippen molar-refractivity contribution < 1.29 is 19.0 Å². The lowest BCUT2D eigenvalue weighted by Crippen LogP contribution is -2.43. The van der Waals surface area contributed by atoms with Crippen molar-refractivity contribution in [2.45, 2.75) is 37.6 Å². The Morgan fingerprint density at radius 3 is 2.40 bits per heavy atom. The molecule has 1 aromatic heterocycles. The summed E-state index contributed by atoms with van der Waals surface area (Å²) >= 11 is 0. The van der Waals surface area contributed by atoms with E-state index in [4.69, 9.17) is 14.2 Å². The Kier molecular flexibility index (Phi) is 6.86. The Bertz CT molecular complexity index is 1180. The van der Waals surface area contributed by atoms with Crippen LogP contribution < -0.4 is 14.2 Å². The van der Waals surface area contributed by atoms with E-state index in [9.17, 15) is 4.79 Å². The molecule has 0 aliphatic carbocycles. The van der Waals surface area contributed by atoms with Crippen LogP contribution >= 0.6 is 0 Å². The molecule has 1 N–H and O–H groups in total. The second-order valence-electron chi connectivity index (χ2n) is 9.56. The van der Waals surface area contributed by atoms with Gasteiger partial charge in [0, 0.05) is 29.2 Å². The van der Waals surface area contributed by atoms with Gasteiger partial charge in [-0.15, -0.1) is 0 Å². The molecule has 0 bridgehead atoms. The first-order valence-electron chi connectivity index (χ1n) is 12.5. The van der Waals surface area contributed by atoms with Gasteiger partial charge in [-0.05, 0) is 86.7 Å². The topological polar surface area (TPSA) is 67.0 Å². The van der Waals surface area contributed by atoms with Crippen LogP contribution in [0.2, 0.25) is 0 Å². The Balaban J connectivity index is 1.23. The van der Waals surface area contributed by atoms with Crippen molar-refractivity contribution in [2.75, 3.05) is 47.5 Å². The third-order valence-corrected chi connectivity index (χ3v) is 7.68. The molecule has 7 heteroatoms. The molecule has 2 fully saturated rings. The molecule has 2 saturated heterocycles. The third kappa shape index (κ3) is 4.69. The van der Waals surface area contributed by atoms with Crippen molar-refractivity contribution in [3.63, 3.8) is 0 Å². The SMILES string of the molecule is COc1ccc(OC)c(C2CCCN2C(=O)CN2CCC(c3c[nH]c4ccc(OC)cc34)CC2)c1. The largest absolute Gasteiger partial charge is 0.497 e. The quantitative estimate of drug-likeness (QED) is 0.533. The predicted molar refractivity (Wildman–Crippen MR) is 136 cm³/mol. The van der Waals surface area contributed by atoms with Gasteiger partial charge in [-0.25, -0.2) is 0 Å². The highest BCUT2D eigenvalue weighted by atomic mass is 16.5. The number of ether oxygens (including phenoxy) is 3. The maximum absolute atomic E-state index is 13.4. The number of carbonyl (C=O) groups is 1. The van der Waals surface area contributed by atoms with E-state index in [1.54, 1.807) is 21.3 Å². The molecule has 0 radical (unpaired) electrons. The van der Waals surface area contributed by atoms with Crippen LogP contribution in [-0.4, -0.2) is 68.2 Å². The molecule has 3 heterocycles. The molecule has 186 valence electrons. The first kappa shape index (κ1) is 23.5. The first-order chi connectivity index (χ1) is 17.1. The average Bonchev–Trinajstić information content (AvgIpc) is 3.56. The number of piperidine rings is 1. The Labute approximate surface area is 206 Å². The fourth-order valence-electron chi connectivity index (χ4n) is 5.76. The normalized spacial score (nSPS) is 19.3. The van der Waals surface area contributed by atoms with Crippen molar-refractivity contribution in [1.29, 1.82) is 0 Å². The van der Waals surface area contributed by atoms with Crippen LogP contribution in [0.4, 0.5) is 0 Å². The zero-order valence-corrected chi connectivity index (χ0v) is 20.9. The summed E-state index contributed by atoms with van der Waals surface area (Å²) in [4.78, 5) is 21.2. The van der Waals surface area contributed by atoms with E-state index < -0.39 is 0 Å². The van der Waals surface area contributed by atoms with Gasteiger partial charge in [-0.2, -0.15) is 0 Å². The molecule has 1 unspecified atom stereocenters. The van der Waals surface area contributed by atoms with Crippen molar-refractivity contribution in [3.05, 3.63) is 53.7 Å². The number of fused-ring (bicyclic) bond motifs is 1. The van der Waals surface area contributed by atoms with E-state index in [2.05, 4.69) is 28.2 Å². The second kappa shape index (κ2) is 10.2. The minimum absolute atomic E-state index is 0.0336. The molecule has 2 aliphatic heterocycles. The molecular formula is C28H35N3O4. The lowest BCUT2D eigenvalue weighted by Gasteiger charge is -2.34. The van der Waals surface area contributed by atoms with E-state index in [0.29, 0.717) is 12.5 Å². The van der Waals surface area contributed by atoms with Crippen molar-refractivity contribution in [2.24, 2.45) is 0 Å². The van der Waals surface area contributed by atoms with E-state index in [1.807, 2.05) is 29.2 Å². The number of nitrogens with one attached hydrogen (secondary N) is 1. The van der Waals surface area contributed by atoms with Gasteiger partial charge in [0.05, 0.1) is 33.9 Å². The number of likely N-dealkylation sites (tertiary alicyclic amines) is 2. The number of hydrogen-bond donors (Lipinski definition) is 1. The number of hydrogen-bond acceptors (Lipinski definition) is 5. The number of aromatic amines is 1. The fourth-order valence-corrected chi connectivity index (χ4v) is 5.76. The molecule has 5 rings (SSSR count). The van der Waals surface area contributed by atoms with Gasteiger partial charge >= 0.3 is 0 Å².